The maximum atomic E-state index is 10.5. The molecule has 140 valence electrons. The summed E-state index contributed by atoms with van der Waals surface area (Å²) in [4.78, 5) is 0. The van der Waals surface area contributed by atoms with E-state index in [1.807, 2.05) is 30.3 Å². The van der Waals surface area contributed by atoms with Gasteiger partial charge in [0.1, 0.15) is 24.4 Å². The minimum Gasteiger partial charge on any atom is -0.396 e. The molecule has 7 heteroatoms. The average molecular weight is 354 g/mol. The molecule has 2 fully saturated rings. The van der Waals surface area contributed by atoms with Gasteiger partial charge in [0.15, 0.2) is 12.6 Å². The molecule has 2 saturated heterocycles. The molecule has 1 aromatic rings. The van der Waals surface area contributed by atoms with E-state index >= 15 is 0 Å². The second kappa shape index (κ2) is 9.05. The van der Waals surface area contributed by atoms with E-state index in [9.17, 15) is 5.11 Å². The number of aliphatic hydroxyl groups excluding tert-OH is 2. The van der Waals surface area contributed by atoms with Gasteiger partial charge in [-0.3, -0.25) is 0 Å². The van der Waals surface area contributed by atoms with Crippen LogP contribution in [0.1, 0.15) is 24.7 Å². The van der Waals surface area contributed by atoms with Crippen molar-refractivity contribution < 1.29 is 33.9 Å². The van der Waals surface area contributed by atoms with E-state index in [1.54, 1.807) is 0 Å². The van der Waals surface area contributed by atoms with Gasteiger partial charge >= 0.3 is 0 Å². The normalized spacial score (nSPS) is 35.3. The molecule has 1 aromatic carbocycles. The van der Waals surface area contributed by atoms with Crippen LogP contribution in [0.2, 0.25) is 0 Å². The predicted octanol–water partition coefficient (Wildman–Crippen LogP) is 0.990. The molecule has 0 aromatic heterocycles. The number of benzene rings is 1. The van der Waals surface area contributed by atoms with E-state index < -0.39 is 30.9 Å². The summed E-state index contributed by atoms with van der Waals surface area (Å²) in [6, 6.07) is 9.63. The predicted molar refractivity (Wildman–Crippen MR) is 87.7 cm³/mol. The van der Waals surface area contributed by atoms with Gasteiger partial charge in [-0.25, -0.2) is 0 Å². The van der Waals surface area contributed by atoms with Crippen LogP contribution < -0.4 is 0 Å². The Morgan fingerprint density at radius 1 is 1.16 bits per heavy atom. The Kier molecular flexibility index (Phi) is 6.77. The zero-order chi connectivity index (χ0) is 17.6. The van der Waals surface area contributed by atoms with Crippen molar-refractivity contribution in [2.75, 3.05) is 26.9 Å². The fourth-order valence-electron chi connectivity index (χ4n) is 3.16. The molecule has 6 atom stereocenters. The molecule has 2 N–H and O–H groups in total. The summed E-state index contributed by atoms with van der Waals surface area (Å²) >= 11 is 0. The SMILES string of the molecule is CO[C@H]1O[C@@H]2CO[C@@H](c3ccccc3)O[C@H]2[C@@H](OCCCCO)[C@@H]1O. The van der Waals surface area contributed by atoms with Gasteiger partial charge in [-0.05, 0) is 12.8 Å². The van der Waals surface area contributed by atoms with Gasteiger partial charge in [0.2, 0.25) is 0 Å². The number of hydrogen-bond donors (Lipinski definition) is 2. The monoisotopic (exact) mass is 354 g/mol. The van der Waals surface area contributed by atoms with Crippen LogP contribution >= 0.6 is 0 Å². The third-order valence-electron chi connectivity index (χ3n) is 4.47. The lowest BCUT2D eigenvalue weighted by Gasteiger charge is -2.47. The molecule has 0 saturated carbocycles. The fourth-order valence-corrected chi connectivity index (χ4v) is 3.16. The molecule has 0 unspecified atom stereocenters. The van der Waals surface area contributed by atoms with Crippen LogP contribution in [-0.4, -0.2) is 67.8 Å². The Morgan fingerprint density at radius 3 is 2.68 bits per heavy atom. The van der Waals surface area contributed by atoms with E-state index in [1.165, 1.54) is 7.11 Å². The minimum atomic E-state index is -0.963. The van der Waals surface area contributed by atoms with Gasteiger partial charge in [-0.15, -0.1) is 0 Å². The first-order chi connectivity index (χ1) is 12.2. The third kappa shape index (κ3) is 4.38. The van der Waals surface area contributed by atoms with Crippen LogP contribution in [0.15, 0.2) is 30.3 Å². The number of ether oxygens (including phenoxy) is 5. The van der Waals surface area contributed by atoms with Gasteiger partial charge < -0.3 is 33.9 Å². The highest BCUT2D eigenvalue weighted by Gasteiger charge is 2.50. The van der Waals surface area contributed by atoms with Crippen molar-refractivity contribution in [3.63, 3.8) is 0 Å². The largest absolute Gasteiger partial charge is 0.396 e. The summed E-state index contributed by atoms with van der Waals surface area (Å²) in [5.74, 6) is 0. The van der Waals surface area contributed by atoms with Crippen LogP contribution in [0.3, 0.4) is 0 Å². The Morgan fingerprint density at radius 2 is 1.96 bits per heavy atom. The molecule has 2 aliphatic heterocycles. The summed E-state index contributed by atoms with van der Waals surface area (Å²) < 4.78 is 28.7. The van der Waals surface area contributed by atoms with Crippen molar-refractivity contribution in [2.45, 2.75) is 49.8 Å². The Bertz CT molecular complexity index is 511. The maximum Gasteiger partial charge on any atom is 0.186 e. The van der Waals surface area contributed by atoms with E-state index in [0.29, 0.717) is 26.1 Å². The number of fused-ring (bicyclic) bond motifs is 1. The van der Waals surface area contributed by atoms with Crippen molar-refractivity contribution in [3.8, 4) is 0 Å². The molecular weight excluding hydrogens is 328 g/mol. The van der Waals surface area contributed by atoms with Crippen molar-refractivity contribution in [2.24, 2.45) is 0 Å². The van der Waals surface area contributed by atoms with Crippen molar-refractivity contribution in [3.05, 3.63) is 35.9 Å². The van der Waals surface area contributed by atoms with E-state index in [-0.39, 0.29) is 12.7 Å². The smallest absolute Gasteiger partial charge is 0.186 e. The molecule has 0 radical (unpaired) electrons. The van der Waals surface area contributed by atoms with Crippen LogP contribution in [-0.2, 0) is 23.7 Å². The van der Waals surface area contributed by atoms with Crippen LogP contribution in [0.5, 0.6) is 0 Å². The molecule has 2 aliphatic rings. The maximum absolute atomic E-state index is 10.5. The zero-order valence-corrected chi connectivity index (χ0v) is 14.3. The molecule has 0 amide bonds. The highest BCUT2D eigenvalue weighted by Crippen LogP contribution is 2.35. The molecule has 0 aliphatic carbocycles. The van der Waals surface area contributed by atoms with Gasteiger partial charge in [0.05, 0.1) is 6.61 Å². The molecule has 25 heavy (non-hydrogen) atoms. The average Bonchev–Trinajstić information content (AvgIpc) is 2.66. The van der Waals surface area contributed by atoms with Crippen LogP contribution in [0.25, 0.3) is 0 Å². The lowest BCUT2D eigenvalue weighted by Crippen LogP contribution is -2.62. The molecular formula is C18H26O7. The van der Waals surface area contributed by atoms with Gasteiger partial charge in [0, 0.05) is 25.9 Å². The highest BCUT2D eigenvalue weighted by molar-refractivity contribution is 5.16. The van der Waals surface area contributed by atoms with Gasteiger partial charge in [0.25, 0.3) is 0 Å². The van der Waals surface area contributed by atoms with Gasteiger partial charge in [-0.2, -0.15) is 0 Å². The number of rotatable bonds is 7. The highest BCUT2D eigenvalue weighted by atomic mass is 16.8. The van der Waals surface area contributed by atoms with Crippen LogP contribution in [0.4, 0.5) is 0 Å². The topological polar surface area (TPSA) is 86.6 Å². The summed E-state index contributed by atoms with van der Waals surface area (Å²) in [5, 5.41) is 19.4. The van der Waals surface area contributed by atoms with Crippen LogP contribution in [0, 0.1) is 0 Å². The van der Waals surface area contributed by atoms with E-state index in [2.05, 4.69) is 0 Å². The number of hydrogen-bond acceptors (Lipinski definition) is 7. The van der Waals surface area contributed by atoms with E-state index in [4.69, 9.17) is 28.8 Å². The number of methoxy groups -OCH3 is 1. The number of aliphatic hydroxyl groups is 2. The first-order valence-corrected chi connectivity index (χ1v) is 8.65. The standard InChI is InChI=1S/C18H26O7/c1-21-18-14(20)16(22-10-6-5-9-19)15-13(24-18)11-23-17(25-15)12-7-3-2-4-8-12/h2-4,7-8,13-20H,5-6,9-11H2,1H3/t13-,14+,15-,16+,17-,18+/m1/s1. The summed E-state index contributed by atoms with van der Waals surface area (Å²) in [7, 11) is 1.48. The van der Waals surface area contributed by atoms with Gasteiger partial charge in [-0.1, -0.05) is 30.3 Å². The summed E-state index contributed by atoms with van der Waals surface area (Å²) in [6.45, 7) is 0.863. The molecule has 2 heterocycles. The quantitative estimate of drug-likeness (QED) is 0.706. The van der Waals surface area contributed by atoms with Crippen molar-refractivity contribution in [1.82, 2.24) is 0 Å². The Labute approximate surface area is 147 Å². The fraction of sp³-hybridized carbons (Fsp3) is 0.667. The first-order valence-electron chi connectivity index (χ1n) is 8.65. The second-order valence-electron chi connectivity index (χ2n) is 6.21. The Hall–Kier alpha value is -1.06. The molecule has 7 nitrogen and oxygen atoms in total. The van der Waals surface area contributed by atoms with Crippen molar-refractivity contribution in [1.29, 1.82) is 0 Å². The third-order valence-corrected chi connectivity index (χ3v) is 4.47. The molecule has 0 spiro atoms. The van der Waals surface area contributed by atoms with Crippen molar-refractivity contribution >= 4 is 0 Å². The molecule has 3 rings (SSSR count). The lowest BCUT2D eigenvalue weighted by atomic mass is 9.97. The molecule has 0 bridgehead atoms. The minimum absolute atomic E-state index is 0.118. The summed E-state index contributed by atoms with van der Waals surface area (Å²) in [5.41, 5.74) is 0.906. The second-order valence-corrected chi connectivity index (χ2v) is 6.21. The Balaban J connectivity index is 1.70. The zero-order valence-electron chi connectivity index (χ0n) is 14.3. The van der Waals surface area contributed by atoms with E-state index in [0.717, 1.165) is 5.56 Å². The lowest BCUT2D eigenvalue weighted by molar-refractivity contribution is -0.362. The first kappa shape index (κ1) is 18.7. The number of unbranched alkanes of at least 4 members (excludes halogenated alkanes) is 1. The summed E-state index contributed by atoms with van der Waals surface area (Å²) in [6.07, 6.45) is -2.35.